The van der Waals surface area contributed by atoms with Crippen LogP contribution in [0.25, 0.3) is 0 Å². The minimum atomic E-state index is -0.377. The van der Waals surface area contributed by atoms with Gasteiger partial charge in [-0.05, 0) is 48.5 Å². The van der Waals surface area contributed by atoms with Gasteiger partial charge >= 0.3 is 0 Å². The minimum Gasteiger partial charge on any atom is -0.457 e. The summed E-state index contributed by atoms with van der Waals surface area (Å²) in [6.07, 6.45) is -0.377. The lowest BCUT2D eigenvalue weighted by Gasteiger charge is -2.16. The van der Waals surface area contributed by atoms with E-state index in [2.05, 4.69) is 0 Å². The van der Waals surface area contributed by atoms with Gasteiger partial charge in [-0.2, -0.15) is 0 Å². The lowest BCUT2D eigenvalue weighted by Crippen LogP contribution is -2.19. The highest BCUT2D eigenvalue weighted by Gasteiger charge is 2.06. The molecule has 0 saturated heterocycles. The van der Waals surface area contributed by atoms with Crippen LogP contribution in [-0.4, -0.2) is 6.29 Å². The Morgan fingerprint density at radius 2 is 0.913 bits per heavy atom. The number of para-hydroxylation sites is 2. The highest BCUT2D eigenvalue weighted by Crippen LogP contribution is 2.24. The molecule has 3 heteroatoms. The zero-order valence-electron chi connectivity index (χ0n) is 12.9. The molecule has 3 aromatic carbocycles. The summed E-state index contributed by atoms with van der Waals surface area (Å²) in [7, 11) is 0. The van der Waals surface area contributed by atoms with Crippen molar-refractivity contribution in [1.82, 2.24) is 0 Å². The number of rotatable bonds is 6. The van der Waals surface area contributed by atoms with E-state index in [-0.39, 0.29) is 6.29 Å². The van der Waals surface area contributed by atoms with Gasteiger partial charge in [0.25, 0.3) is 0 Å². The van der Waals surface area contributed by atoms with Crippen molar-refractivity contribution in [2.45, 2.75) is 13.2 Å². The SMILES string of the molecule is CC(Oc1ccccc1)Oc1ccc(Oc2ccccc2)cc1. The minimum absolute atomic E-state index is 0.377. The molecule has 23 heavy (non-hydrogen) atoms. The molecule has 3 aromatic rings. The Morgan fingerprint density at radius 1 is 0.522 bits per heavy atom. The molecule has 1 atom stereocenters. The van der Waals surface area contributed by atoms with Crippen molar-refractivity contribution >= 4 is 0 Å². The van der Waals surface area contributed by atoms with E-state index >= 15 is 0 Å². The van der Waals surface area contributed by atoms with Crippen molar-refractivity contribution in [3.8, 4) is 23.0 Å². The molecule has 0 heterocycles. The molecule has 0 fully saturated rings. The van der Waals surface area contributed by atoms with E-state index in [4.69, 9.17) is 14.2 Å². The number of hydrogen-bond donors (Lipinski definition) is 0. The first-order chi connectivity index (χ1) is 11.3. The topological polar surface area (TPSA) is 27.7 Å². The predicted molar refractivity (Wildman–Crippen MR) is 90.1 cm³/mol. The summed E-state index contributed by atoms with van der Waals surface area (Å²) >= 11 is 0. The van der Waals surface area contributed by atoms with Gasteiger partial charge in [-0.25, -0.2) is 0 Å². The van der Waals surface area contributed by atoms with Crippen molar-refractivity contribution < 1.29 is 14.2 Å². The Kier molecular flexibility index (Phi) is 4.79. The first-order valence-electron chi connectivity index (χ1n) is 7.51. The van der Waals surface area contributed by atoms with Crippen molar-refractivity contribution in [2.24, 2.45) is 0 Å². The summed E-state index contributed by atoms with van der Waals surface area (Å²) < 4.78 is 17.2. The third kappa shape index (κ3) is 4.51. The maximum Gasteiger partial charge on any atom is 0.238 e. The van der Waals surface area contributed by atoms with Crippen LogP contribution < -0.4 is 14.2 Å². The summed E-state index contributed by atoms with van der Waals surface area (Å²) in [6, 6.07) is 26.7. The van der Waals surface area contributed by atoms with Gasteiger partial charge in [0.05, 0.1) is 0 Å². The van der Waals surface area contributed by atoms with E-state index < -0.39 is 0 Å². The fourth-order valence-electron chi connectivity index (χ4n) is 2.12. The second-order valence-electron chi connectivity index (χ2n) is 5.00. The van der Waals surface area contributed by atoms with Crippen molar-refractivity contribution in [1.29, 1.82) is 0 Å². The third-order valence-corrected chi connectivity index (χ3v) is 3.15. The Labute approximate surface area is 136 Å². The molecule has 0 radical (unpaired) electrons. The molecule has 0 spiro atoms. The van der Waals surface area contributed by atoms with Gasteiger partial charge in [-0.1, -0.05) is 36.4 Å². The van der Waals surface area contributed by atoms with E-state index in [1.165, 1.54) is 0 Å². The summed E-state index contributed by atoms with van der Waals surface area (Å²) in [6.45, 7) is 1.86. The van der Waals surface area contributed by atoms with Crippen molar-refractivity contribution in [2.75, 3.05) is 0 Å². The maximum absolute atomic E-state index is 5.75. The van der Waals surface area contributed by atoms with Gasteiger partial charge in [0.1, 0.15) is 23.0 Å². The van der Waals surface area contributed by atoms with Gasteiger partial charge < -0.3 is 14.2 Å². The number of benzene rings is 3. The molecule has 3 nitrogen and oxygen atoms in total. The highest BCUT2D eigenvalue weighted by atomic mass is 16.7. The highest BCUT2D eigenvalue weighted by molar-refractivity contribution is 5.35. The normalized spacial score (nSPS) is 11.5. The first kappa shape index (κ1) is 15.0. The molecule has 116 valence electrons. The zero-order chi connectivity index (χ0) is 15.9. The van der Waals surface area contributed by atoms with Crippen molar-refractivity contribution in [3.05, 3.63) is 84.9 Å². The summed E-state index contributed by atoms with van der Waals surface area (Å²) in [4.78, 5) is 0. The van der Waals surface area contributed by atoms with E-state index in [0.717, 1.165) is 23.0 Å². The van der Waals surface area contributed by atoms with Gasteiger partial charge in [-0.3, -0.25) is 0 Å². The molecule has 0 bridgehead atoms. The average Bonchev–Trinajstić information content (AvgIpc) is 2.58. The molecule has 0 saturated carbocycles. The van der Waals surface area contributed by atoms with Crippen LogP contribution in [-0.2, 0) is 0 Å². The smallest absolute Gasteiger partial charge is 0.238 e. The maximum atomic E-state index is 5.75. The molecule has 0 aromatic heterocycles. The van der Waals surface area contributed by atoms with Crippen LogP contribution in [0, 0.1) is 0 Å². The van der Waals surface area contributed by atoms with Crippen LogP contribution in [0.15, 0.2) is 84.9 Å². The van der Waals surface area contributed by atoms with Gasteiger partial charge in [-0.15, -0.1) is 0 Å². The lowest BCUT2D eigenvalue weighted by molar-refractivity contribution is 0.0223. The van der Waals surface area contributed by atoms with Crippen LogP contribution in [0.2, 0.25) is 0 Å². The molecule has 0 aliphatic heterocycles. The molecule has 0 amide bonds. The third-order valence-electron chi connectivity index (χ3n) is 3.15. The van der Waals surface area contributed by atoms with Crippen LogP contribution in [0.3, 0.4) is 0 Å². The number of ether oxygens (including phenoxy) is 3. The van der Waals surface area contributed by atoms with Gasteiger partial charge in [0, 0.05) is 6.92 Å². The van der Waals surface area contributed by atoms with Crippen LogP contribution >= 0.6 is 0 Å². The van der Waals surface area contributed by atoms with E-state index in [0.29, 0.717) is 0 Å². The summed E-state index contributed by atoms with van der Waals surface area (Å²) in [5.41, 5.74) is 0. The fourth-order valence-corrected chi connectivity index (χ4v) is 2.12. The van der Waals surface area contributed by atoms with E-state index in [1.54, 1.807) is 0 Å². The Bertz CT molecular complexity index is 709. The standard InChI is InChI=1S/C20H18O3/c1-16(21-17-8-4-2-5-9-17)22-19-12-14-20(15-13-19)23-18-10-6-3-7-11-18/h2-16H,1H3. The van der Waals surface area contributed by atoms with Crippen LogP contribution in [0.4, 0.5) is 0 Å². The zero-order valence-corrected chi connectivity index (χ0v) is 12.9. The van der Waals surface area contributed by atoms with E-state index in [9.17, 15) is 0 Å². The molecule has 1 unspecified atom stereocenters. The first-order valence-corrected chi connectivity index (χ1v) is 7.51. The largest absolute Gasteiger partial charge is 0.457 e. The summed E-state index contributed by atoms with van der Waals surface area (Å²) in [5.74, 6) is 3.08. The lowest BCUT2D eigenvalue weighted by atomic mass is 10.3. The predicted octanol–water partition coefficient (Wildman–Crippen LogP) is 5.28. The quantitative estimate of drug-likeness (QED) is 0.580. The molecular formula is C20H18O3. The van der Waals surface area contributed by atoms with Gasteiger partial charge in [0.15, 0.2) is 0 Å². The fraction of sp³-hybridized carbons (Fsp3) is 0.100. The molecule has 0 aliphatic rings. The Hall–Kier alpha value is -2.94. The van der Waals surface area contributed by atoms with Crippen LogP contribution in [0.5, 0.6) is 23.0 Å². The summed E-state index contributed by atoms with van der Waals surface area (Å²) in [5, 5.41) is 0. The molecule has 3 rings (SSSR count). The second kappa shape index (κ2) is 7.36. The Balaban J connectivity index is 1.57. The monoisotopic (exact) mass is 306 g/mol. The van der Waals surface area contributed by atoms with Gasteiger partial charge in [0.2, 0.25) is 6.29 Å². The van der Waals surface area contributed by atoms with E-state index in [1.807, 2.05) is 91.9 Å². The second-order valence-corrected chi connectivity index (χ2v) is 5.00. The van der Waals surface area contributed by atoms with Crippen molar-refractivity contribution in [3.63, 3.8) is 0 Å². The average molecular weight is 306 g/mol. The van der Waals surface area contributed by atoms with Crippen LogP contribution in [0.1, 0.15) is 6.92 Å². The molecule has 0 aliphatic carbocycles. The number of hydrogen-bond acceptors (Lipinski definition) is 3. The Morgan fingerprint density at radius 3 is 1.48 bits per heavy atom. The molecule has 0 N–H and O–H groups in total. The molecular weight excluding hydrogens is 288 g/mol.